The van der Waals surface area contributed by atoms with Gasteiger partial charge in [0, 0.05) is 11.6 Å². The fourth-order valence-corrected chi connectivity index (χ4v) is 6.53. The van der Waals surface area contributed by atoms with Gasteiger partial charge in [-0.3, -0.25) is 4.79 Å². The Labute approximate surface area is 179 Å². The number of esters is 1. The molecule has 1 saturated carbocycles. The first-order chi connectivity index (χ1) is 14.4. The summed E-state index contributed by atoms with van der Waals surface area (Å²) in [6, 6.07) is 6.77. The van der Waals surface area contributed by atoms with Gasteiger partial charge < -0.3 is 14.5 Å². The Balaban J connectivity index is 1.25. The van der Waals surface area contributed by atoms with E-state index in [2.05, 4.69) is 24.8 Å². The third-order valence-electron chi connectivity index (χ3n) is 8.25. The highest BCUT2D eigenvalue weighted by Crippen LogP contribution is 2.53. The van der Waals surface area contributed by atoms with Crippen LogP contribution in [0.1, 0.15) is 39.5 Å². The minimum Gasteiger partial charge on any atom is -0.461 e. The van der Waals surface area contributed by atoms with Crippen molar-refractivity contribution in [2.75, 3.05) is 37.6 Å². The molecule has 5 atom stereocenters. The van der Waals surface area contributed by atoms with Crippen LogP contribution in [0.15, 0.2) is 35.9 Å². The van der Waals surface area contributed by atoms with Crippen LogP contribution in [0.5, 0.6) is 0 Å². The summed E-state index contributed by atoms with van der Waals surface area (Å²) < 4.78 is 19.1. The van der Waals surface area contributed by atoms with Crippen LogP contribution in [0.2, 0.25) is 0 Å². The summed E-state index contributed by atoms with van der Waals surface area (Å²) >= 11 is 0. The molecule has 0 amide bonds. The fraction of sp³-hybridized carbons (Fsp3) is 0.640. The third-order valence-corrected chi connectivity index (χ3v) is 8.25. The van der Waals surface area contributed by atoms with Crippen LogP contribution in [-0.2, 0) is 9.53 Å². The van der Waals surface area contributed by atoms with Crippen LogP contribution in [0.25, 0.3) is 0 Å². The van der Waals surface area contributed by atoms with Crippen molar-refractivity contribution in [2.24, 2.45) is 23.2 Å². The summed E-state index contributed by atoms with van der Waals surface area (Å²) in [6.07, 6.45) is 7.32. The van der Waals surface area contributed by atoms with E-state index in [4.69, 9.17) is 4.74 Å². The maximum absolute atomic E-state index is 13.2. The topological polar surface area (TPSA) is 34.0 Å². The molecule has 162 valence electrons. The summed E-state index contributed by atoms with van der Waals surface area (Å²) in [6.45, 7) is 9.49. The molecule has 2 aliphatic carbocycles. The van der Waals surface area contributed by atoms with E-state index < -0.39 is 0 Å². The van der Waals surface area contributed by atoms with E-state index in [9.17, 15) is 9.18 Å². The first-order valence-corrected chi connectivity index (χ1v) is 11.7. The van der Waals surface area contributed by atoms with Crippen LogP contribution in [-0.4, -0.2) is 44.8 Å². The molecule has 1 aromatic carbocycles. The van der Waals surface area contributed by atoms with Crippen molar-refractivity contribution >= 4 is 11.7 Å². The fourth-order valence-electron chi connectivity index (χ4n) is 6.53. The molecule has 2 heterocycles. The number of allylic oxidation sites excluding steroid dienone is 1. The van der Waals surface area contributed by atoms with E-state index >= 15 is 0 Å². The Kier molecular flexibility index (Phi) is 5.12. The number of carbonyl (C=O) groups excluding carboxylic acids is 1. The highest BCUT2D eigenvalue weighted by molar-refractivity contribution is 5.76. The van der Waals surface area contributed by atoms with Gasteiger partial charge in [0.05, 0.1) is 32.7 Å². The summed E-state index contributed by atoms with van der Waals surface area (Å²) in [5.74, 6) is 0.706. The number of quaternary nitrogens is 1. The molecule has 5 rings (SSSR count). The number of ether oxygens (including phenoxy) is 1. The van der Waals surface area contributed by atoms with E-state index in [-0.39, 0.29) is 35.1 Å². The van der Waals surface area contributed by atoms with Gasteiger partial charge in [-0.15, -0.1) is 0 Å². The molecule has 1 N–H and O–H groups in total. The highest BCUT2D eigenvalue weighted by Gasteiger charge is 2.52. The highest BCUT2D eigenvalue weighted by atomic mass is 19.1. The lowest BCUT2D eigenvalue weighted by Crippen LogP contribution is -3.15. The predicted molar refractivity (Wildman–Crippen MR) is 115 cm³/mol. The van der Waals surface area contributed by atoms with Crippen molar-refractivity contribution in [1.82, 2.24) is 0 Å². The minimum atomic E-state index is -0.192. The van der Waals surface area contributed by atoms with E-state index in [1.165, 1.54) is 36.3 Å². The average Bonchev–Trinajstić information content (AvgIpc) is 3.01. The summed E-state index contributed by atoms with van der Waals surface area (Å²) in [7, 11) is 0. The van der Waals surface area contributed by atoms with Crippen LogP contribution >= 0.6 is 0 Å². The molecule has 0 bridgehead atoms. The maximum Gasteiger partial charge on any atom is 0.315 e. The number of benzene rings is 1. The SMILES string of the molecule is C[C@H]1CCC[C@]2(C)C[C@H]3OC(=O)[C@@H](C[NH+]4CCN(c5ccc(F)cc5)CC4)[C@H]3C=C12. The number of piperazine rings is 1. The van der Waals surface area contributed by atoms with Gasteiger partial charge >= 0.3 is 5.97 Å². The Morgan fingerprint density at radius 2 is 1.97 bits per heavy atom. The first-order valence-electron chi connectivity index (χ1n) is 11.7. The number of fused-ring (bicyclic) bond motifs is 2. The molecule has 0 radical (unpaired) electrons. The molecule has 0 unspecified atom stereocenters. The zero-order valence-corrected chi connectivity index (χ0v) is 18.2. The van der Waals surface area contributed by atoms with Gasteiger partial charge in [-0.2, -0.15) is 0 Å². The van der Waals surface area contributed by atoms with Gasteiger partial charge in [0.15, 0.2) is 0 Å². The van der Waals surface area contributed by atoms with E-state index in [1.807, 2.05) is 12.1 Å². The van der Waals surface area contributed by atoms with Crippen LogP contribution in [0.4, 0.5) is 10.1 Å². The smallest absolute Gasteiger partial charge is 0.315 e. The van der Waals surface area contributed by atoms with Gasteiger partial charge in [-0.1, -0.05) is 31.9 Å². The number of hydrogen-bond donors (Lipinski definition) is 1. The van der Waals surface area contributed by atoms with Gasteiger partial charge in [0.25, 0.3) is 0 Å². The average molecular weight is 414 g/mol. The molecule has 4 aliphatic rings. The first kappa shape index (κ1) is 20.0. The van der Waals surface area contributed by atoms with Crippen molar-refractivity contribution in [2.45, 2.75) is 45.6 Å². The number of halogens is 1. The quantitative estimate of drug-likeness (QED) is 0.611. The van der Waals surface area contributed by atoms with Crippen LogP contribution < -0.4 is 9.80 Å². The van der Waals surface area contributed by atoms with E-state index in [0.717, 1.165) is 44.8 Å². The maximum atomic E-state index is 13.2. The molecule has 5 heteroatoms. The zero-order valence-electron chi connectivity index (χ0n) is 18.2. The number of anilines is 1. The summed E-state index contributed by atoms with van der Waals surface area (Å²) in [5, 5.41) is 0. The van der Waals surface area contributed by atoms with Crippen molar-refractivity contribution in [3.05, 3.63) is 41.7 Å². The van der Waals surface area contributed by atoms with Crippen molar-refractivity contribution in [1.29, 1.82) is 0 Å². The zero-order chi connectivity index (χ0) is 20.9. The Bertz CT molecular complexity index is 830. The third kappa shape index (κ3) is 3.55. The second kappa shape index (κ2) is 7.67. The Morgan fingerprint density at radius 3 is 2.70 bits per heavy atom. The predicted octanol–water partition coefficient (Wildman–Crippen LogP) is 2.84. The van der Waals surface area contributed by atoms with E-state index in [0.29, 0.717) is 5.92 Å². The standard InChI is InChI=1S/C25H33FN2O2/c1-17-4-3-9-25(2)15-23-20(14-22(17)25)21(24(29)30-23)16-27-10-12-28(13-11-27)19-7-5-18(26)6-8-19/h5-8,14,17,20-21,23H,3-4,9-13,15-16H2,1-2H3/p+1/t17-,20+,21-,23+,25+/m0/s1. The summed E-state index contributed by atoms with van der Waals surface area (Å²) in [4.78, 5) is 16.6. The molecule has 3 fully saturated rings. The number of hydrogen-bond acceptors (Lipinski definition) is 3. The lowest BCUT2D eigenvalue weighted by molar-refractivity contribution is -0.903. The van der Waals surface area contributed by atoms with Gasteiger partial charge in [0.1, 0.15) is 17.8 Å². The van der Waals surface area contributed by atoms with Gasteiger partial charge in [-0.05, 0) is 54.9 Å². The second-order valence-corrected chi connectivity index (χ2v) is 10.3. The molecular formula is C25H34FN2O2+. The molecular weight excluding hydrogens is 379 g/mol. The number of nitrogens with zero attached hydrogens (tertiary/aromatic N) is 1. The van der Waals surface area contributed by atoms with Crippen molar-refractivity contribution in [3.8, 4) is 0 Å². The second-order valence-electron chi connectivity index (χ2n) is 10.3. The van der Waals surface area contributed by atoms with Gasteiger partial charge in [-0.25, -0.2) is 4.39 Å². The lowest BCUT2D eigenvalue weighted by Gasteiger charge is -2.46. The number of carbonyl (C=O) groups is 1. The number of nitrogens with one attached hydrogen (secondary N) is 1. The monoisotopic (exact) mass is 413 g/mol. The molecule has 0 aromatic heterocycles. The normalized spacial score (nSPS) is 36.7. The number of rotatable bonds is 3. The molecule has 30 heavy (non-hydrogen) atoms. The lowest BCUT2D eigenvalue weighted by atomic mass is 9.59. The minimum absolute atomic E-state index is 0.00597. The van der Waals surface area contributed by atoms with E-state index in [1.54, 1.807) is 5.57 Å². The van der Waals surface area contributed by atoms with Crippen molar-refractivity contribution in [3.63, 3.8) is 0 Å². The largest absolute Gasteiger partial charge is 0.461 e. The molecule has 4 nitrogen and oxygen atoms in total. The summed E-state index contributed by atoms with van der Waals surface area (Å²) in [5.41, 5.74) is 2.90. The van der Waals surface area contributed by atoms with Gasteiger partial charge in [0.2, 0.25) is 0 Å². The molecule has 0 spiro atoms. The van der Waals surface area contributed by atoms with Crippen molar-refractivity contribution < 1.29 is 18.8 Å². The van der Waals surface area contributed by atoms with Crippen LogP contribution in [0.3, 0.4) is 0 Å². The molecule has 2 saturated heterocycles. The van der Waals surface area contributed by atoms with Crippen LogP contribution in [0, 0.1) is 29.0 Å². The molecule has 2 aliphatic heterocycles. The molecule has 1 aromatic rings. The Morgan fingerprint density at radius 1 is 1.23 bits per heavy atom. The Hall–Kier alpha value is -1.88.